The number of hydrogen-bond donors (Lipinski definition) is 2. The van der Waals surface area contributed by atoms with Gasteiger partial charge in [-0.2, -0.15) is 0 Å². The van der Waals surface area contributed by atoms with Crippen LogP contribution < -0.4 is 11.1 Å². The first-order valence-electron chi connectivity index (χ1n) is 4.83. The second-order valence-corrected chi connectivity index (χ2v) is 3.48. The molecule has 4 heteroatoms. The van der Waals surface area contributed by atoms with Crippen LogP contribution in [0.3, 0.4) is 0 Å². The molecule has 1 heterocycles. The van der Waals surface area contributed by atoms with Gasteiger partial charge >= 0.3 is 0 Å². The summed E-state index contributed by atoms with van der Waals surface area (Å²) in [6.07, 6.45) is 1.87. The van der Waals surface area contributed by atoms with Gasteiger partial charge in [-0.1, -0.05) is 0 Å². The molecule has 3 N–H and O–H groups in total. The maximum absolute atomic E-state index is 11.5. The molecule has 1 amide bonds. The number of rotatable bonds is 3. The summed E-state index contributed by atoms with van der Waals surface area (Å²) in [6.45, 7) is 3.78. The molecule has 0 radical (unpaired) electrons. The zero-order chi connectivity index (χ0) is 9.68. The Kier molecular flexibility index (Phi) is 4.18. The zero-order valence-electron chi connectivity index (χ0n) is 8.08. The number of ether oxygens (including phenoxy) is 1. The highest BCUT2D eigenvalue weighted by Crippen LogP contribution is 2.19. The fourth-order valence-corrected chi connectivity index (χ4v) is 1.58. The Labute approximate surface area is 78.8 Å². The summed E-state index contributed by atoms with van der Waals surface area (Å²) >= 11 is 0. The molecule has 2 atom stereocenters. The number of carbonyl (C=O) groups is 1. The second-order valence-electron chi connectivity index (χ2n) is 3.48. The van der Waals surface area contributed by atoms with Crippen molar-refractivity contribution in [2.45, 2.75) is 25.9 Å². The quantitative estimate of drug-likeness (QED) is 0.645. The van der Waals surface area contributed by atoms with Gasteiger partial charge in [0.1, 0.15) is 0 Å². The first-order valence-corrected chi connectivity index (χ1v) is 4.83. The Morgan fingerprint density at radius 2 is 2.46 bits per heavy atom. The van der Waals surface area contributed by atoms with E-state index in [4.69, 9.17) is 10.5 Å². The highest BCUT2D eigenvalue weighted by molar-refractivity contribution is 5.78. The molecule has 0 aromatic carbocycles. The zero-order valence-corrected chi connectivity index (χ0v) is 8.08. The van der Waals surface area contributed by atoms with Crippen LogP contribution in [-0.4, -0.2) is 31.7 Å². The van der Waals surface area contributed by atoms with Gasteiger partial charge in [0, 0.05) is 25.6 Å². The molecule has 2 unspecified atom stereocenters. The van der Waals surface area contributed by atoms with E-state index in [2.05, 4.69) is 5.32 Å². The molecule has 4 nitrogen and oxygen atoms in total. The normalized spacial score (nSPS) is 28.5. The van der Waals surface area contributed by atoms with Crippen LogP contribution in [0.15, 0.2) is 0 Å². The first-order chi connectivity index (χ1) is 6.24. The summed E-state index contributed by atoms with van der Waals surface area (Å²) < 4.78 is 5.36. The number of amides is 1. The maximum Gasteiger partial charge on any atom is 0.223 e. The van der Waals surface area contributed by atoms with Gasteiger partial charge in [0.15, 0.2) is 0 Å². The van der Waals surface area contributed by atoms with E-state index in [-0.39, 0.29) is 17.9 Å². The van der Waals surface area contributed by atoms with Crippen molar-refractivity contribution in [1.82, 2.24) is 5.32 Å². The molecule has 76 valence electrons. The number of hydrogen-bond acceptors (Lipinski definition) is 3. The number of nitrogens with two attached hydrogens (primary N) is 1. The van der Waals surface area contributed by atoms with E-state index in [1.54, 1.807) is 0 Å². The van der Waals surface area contributed by atoms with Crippen LogP contribution in [0, 0.1) is 5.92 Å². The van der Waals surface area contributed by atoms with Crippen LogP contribution in [0.5, 0.6) is 0 Å². The molecule has 0 aromatic heterocycles. The van der Waals surface area contributed by atoms with E-state index in [1.165, 1.54) is 0 Å². The average Bonchev–Trinajstić information content (AvgIpc) is 2.14. The molecule has 1 saturated heterocycles. The van der Waals surface area contributed by atoms with Crippen LogP contribution in [0.4, 0.5) is 0 Å². The predicted octanol–water partition coefficient (Wildman–Crippen LogP) is -0.124. The van der Waals surface area contributed by atoms with Crippen LogP contribution in [0.25, 0.3) is 0 Å². The number of carbonyl (C=O) groups excluding carboxylic acids is 1. The summed E-state index contributed by atoms with van der Waals surface area (Å²) in [6, 6.07) is 0. The standard InChI is InChI=1S/C9H18N2O2/c1-7-6-8(2-5-13-7)9(12)11-4-3-10/h7-8H,2-6,10H2,1H3,(H,11,12). The van der Waals surface area contributed by atoms with Gasteiger partial charge in [0.2, 0.25) is 5.91 Å². The highest BCUT2D eigenvalue weighted by atomic mass is 16.5. The minimum atomic E-state index is 0.121. The lowest BCUT2D eigenvalue weighted by Gasteiger charge is -2.26. The molecular weight excluding hydrogens is 168 g/mol. The van der Waals surface area contributed by atoms with Crippen LogP contribution in [0.2, 0.25) is 0 Å². The summed E-state index contributed by atoms with van der Waals surface area (Å²) in [5.74, 6) is 0.246. The van der Waals surface area contributed by atoms with Crippen molar-refractivity contribution in [1.29, 1.82) is 0 Å². The molecule has 0 spiro atoms. The minimum absolute atomic E-state index is 0.121. The summed E-state index contributed by atoms with van der Waals surface area (Å²) in [5, 5.41) is 2.80. The lowest BCUT2D eigenvalue weighted by atomic mass is 9.95. The van der Waals surface area contributed by atoms with Crippen LogP contribution in [-0.2, 0) is 9.53 Å². The molecule has 1 aliphatic heterocycles. The summed E-state index contributed by atoms with van der Waals surface area (Å²) in [4.78, 5) is 11.5. The average molecular weight is 186 g/mol. The molecule has 1 fully saturated rings. The first kappa shape index (κ1) is 10.5. The van der Waals surface area contributed by atoms with Gasteiger partial charge in [0.25, 0.3) is 0 Å². The third kappa shape index (κ3) is 3.32. The van der Waals surface area contributed by atoms with E-state index in [0.717, 1.165) is 12.8 Å². The Morgan fingerprint density at radius 1 is 1.69 bits per heavy atom. The van der Waals surface area contributed by atoms with Crippen molar-refractivity contribution in [3.05, 3.63) is 0 Å². The molecule has 0 saturated carbocycles. The van der Waals surface area contributed by atoms with Gasteiger partial charge < -0.3 is 15.8 Å². The SMILES string of the molecule is CC1CC(C(=O)NCCN)CCO1. The van der Waals surface area contributed by atoms with E-state index in [1.807, 2.05) is 6.92 Å². The second kappa shape index (κ2) is 5.19. The van der Waals surface area contributed by atoms with Gasteiger partial charge in [-0.05, 0) is 19.8 Å². The van der Waals surface area contributed by atoms with Crippen molar-refractivity contribution >= 4 is 5.91 Å². The topological polar surface area (TPSA) is 64.4 Å². The van der Waals surface area contributed by atoms with Crippen molar-refractivity contribution in [2.24, 2.45) is 11.7 Å². The lowest BCUT2D eigenvalue weighted by Crippen LogP contribution is -2.38. The van der Waals surface area contributed by atoms with E-state index < -0.39 is 0 Å². The van der Waals surface area contributed by atoms with Gasteiger partial charge in [-0.15, -0.1) is 0 Å². The third-order valence-corrected chi connectivity index (χ3v) is 2.30. The Morgan fingerprint density at radius 3 is 3.08 bits per heavy atom. The minimum Gasteiger partial charge on any atom is -0.378 e. The number of nitrogens with one attached hydrogen (secondary N) is 1. The van der Waals surface area contributed by atoms with Gasteiger partial charge in [0.05, 0.1) is 6.10 Å². The van der Waals surface area contributed by atoms with E-state index in [9.17, 15) is 4.79 Å². The maximum atomic E-state index is 11.5. The Bertz CT molecular complexity index is 173. The molecule has 1 rings (SSSR count). The van der Waals surface area contributed by atoms with Crippen LogP contribution in [0.1, 0.15) is 19.8 Å². The predicted molar refractivity (Wildman–Crippen MR) is 50.2 cm³/mol. The largest absolute Gasteiger partial charge is 0.378 e. The molecule has 0 aromatic rings. The smallest absolute Gasteiger partial charge is 0.223 e. The highest BCUT2D eigenvalue weighted by Gasteiger charge is 2.24. The third-order valence-electron chi connectivity index (χ3n) is 2.30. The summed E-state index contributed by atoms with van der Waals surface area (Å²) in [7, 11) is 0. The lowest BCUT2D eigenvalue weighted by molar-refractivity contribution is -0.129. The summed E-state index contributed by atoms with van der Waals surface area (Å²) in [5.41, 5.74) is 5.29. The van der Waals surface area contributed by atoms with Gasteiger partial charge in [-0.25, -0.2) is 0 Å². The van der Waals surface area contributed by atoms with Crippen LogP contribution >= 0.6 is 0 Å². The fourth-order valence-electron chi connectivity index (χ4n) is 1.58. The molecule has 1 aliphatic rings. The Hall–Kier alpha value is -0.610. The van der Waals surface area contributed by atoms with Crippen molar-refractivity contribution < 1.29 is 9.53 Å². The van der Waals surface area contributed by atoms with Crippen molar-refractivity contribution in [3.8, 4) is 0 Å². The fraction of sp³-hybridized carbons (Fsp3) is 0.889. The monoisotopic (exact) mass is 186 g/mol. The van der Waals surface area contributed by atoms with Gasteiger partial charge in [-0.3, -0.25) is 4.79 Å². The molecule has 13 heavy (non-hydrogen) atoms. The molecular formula is C9H18N2O2. The van der Waals surface area contributed by atoms with E-state index >= 15 is 0 Å². The molecule has 0 aliphatic carbocycles. The van der Waals surface area contributed by atoms with E-state index in [0.29, 0.717) is 19.7 Å². The van der Waals surface area contributed by atoms with Crippen molar-refractivity contribution in [2.75, 3.05) is 19.7 Å². The molecule has 0 bridgehead atoms. The van der Waals surface area contributed by atoms with Crippen molar-refractivity contribution in [3.63, 3.8) is 0 Å². The Balaban J connectivity index is 2.28.